The van der Waals surface area contributed by atoms with Crippen LogP contribution in [0.25, 0.3) is 0 Å². The highest BCUT2D eigenvalue weighted by Crippen LogP contribution is 2.43. The van der Waals surface area contributed by atoms with Crippen LogP contribution in [0.4, 0.5) is 5.69 Å². The van der Waals surface area contributed by atoms with E-state index in [1.54, 1.807) is 10.6 Å². The fourth-order valence-corrected chi connectivity index (χ4v) is 5.61. The maximum absolute atomic E-state index is 13.8. The van der Waals surface area contributed by atoms with Crippen LogP contribution in [0.15, 0.2) is 35.1 Å². The molecule has 7 nitrogen and oxygen atoms in total. The Hall–Kier alpha value is -2.67. The molecule has 2 aromatic rings. The summed E-state index contributed by atoms with van der Waals surface area (Å²) in [5.41, 5.74) is 4.07. The Kier molecular flexibility index (Phi) is 5.30. The Morgan fingerprint density at radius 1 is 1.10 bits per heavy atom. The van der Waals surface area contributed by atoms with Crippen molar-refractivity contribution in [2.45, 2.75) is 38.6 Å². The predicted molar refractivity (Wildman–Crippen MR) is 119 cm³/mol. The van der Waals surface area contributed by atoms with E-state index >= 15 is 0 Å². The minimum Gasteiger partial charge on any atom is -0.380 e. The van der Waals surface area contributed by atoms with Crippen LogP contribution in [0, 0.1) is 19.8 Å². The average Bonchev–Trinajstić information content (AvgIpc) is 3.03. The molecule has 5 heterocycles. The number of rotatable bonds is 2. The first-order valence-electron chi connectivity index (χ1n) is 11.3. The zero-order valence-corrected chi connectivity index (χ0v) is 18.3. The van der Waals surface area contributed by atoms with E-state index in [0.717, 1.165) is 48.7 Å². The van der Waals surface area contributed by atoms with Crippen LogP contribution < -0.4 is 10.5 Å². The number of aryl methyl sites for hydroxylation is 2. The Morgan fingerprint density at radius 2 is 1.90 bits per heavy atom. The Labute approximate surface area is 182 Å². The van der Waals surface area contributed by atoms with Crippen molar-refractivity contribution in [3.05, 3.63) is 57.8 Å². The summed E-state index contributed by atoms with van der Waals surface area (Å²) < 4.78 is 7.36. The largest absolute Gasteiger partial charge is 0.380 e. The summed E-state index contributed by atoms with van der Waals surface area (Å²) in [6, 6.07) is 9.23. The van der Waals surface area contributed by atoms with Gasteiger partial charge in [-0.15, -0.1) is 0 Å². The molecular weight excluding hydrogens is 392 g/mol. The van der Waals surface area contributed by atoms with Gasteiger partial charge in [0.2, 0.25) is 5.91 Å². The van der Waals surface area contributed by atoms with E-state index in [-0.39, 0.29) is 23.3 Å². The lowest BCUT2D eigenvalue weighted by atomic mass is 9.77. The van der Waals surface area contributed by atoms with Crippen molar-refractivity contribution in [2.24, 2.45) is 5.92 Å². The molecule has 3 atom stereocenters. The van der Waals surface area contributed by atoms with Gasteiger partial charge in [-0.1, -0.05) is 6.07 Å². The van der Waals surface area contributed by atoms with Crippen LogP contribution in [0.2, 0.25) is 0 Å². The zero-order chi connectivity index (χ0) is 21.5. The van der Waals surface area contributed by atoms with Crippen molar-refractivity contribution in [3.8, 4) is 0 Å². The van der Waals surface area contributed by atoms with E-state index in [1.165, 1.54) is 0 Å². The number of carbonyl (C=O) groups is 1. The third-order valence-electron chi connectivity index (χ3n) is 6.87. The SMILES string of the molecule is Cc1cc(N2C[C@H]3C[C@@H](C2)[C@H](C(=O)N2CCCOCC2)n2c3cccc2=O)cc(C)n1. The highest BCUT2D eigenvalue weighted by atomic mass is 16.5. The molecule has 2 bridgehead atoms. The topological polar surface area (TPSA) is 67.7 Å². The first-order valence-corrected chi connectivity index (χ1v) is 11.3. The molecule has 31 heavy (non-hydrogen) atoms. The number of amides is 1. The molecule has 1 amide bonds. The van der Waals surface area contributed by atoms with Gasteiger partial charge >= 0.3 is 0 Å². The van der Waals surface area contributed by atoms with Crippen LogP contribution in [-0.2, 0) is 9.53 Å². The highest BCUT2D eigenvalue weighted by Gasteiger charge is 2.45. The van der Waals surface area contributed by atoms with E-state index in [0.29, 0.717) is 26.3 Å². The monoisotopic (exact) mass is 422 g/mol. The number of piperidine rings is 1. The number of pyridine rings is 2. The Bertz CT molecular complexity index is 1020. The van der Waals surface area contributed by atoms with Crippen molar-refractivity contribution in [1.82, 2.24) is 14.5 Å². The van der Waals surface area contributed by atoms with Gasteiger partial charge in [0.15, 0.2) is 0 Å². The highest BCUT2D eigenvalue weighted by molar-refractivity contribution is 5.81. The molecule has 5 rings (SSSR count). The van der Waals surface area contributed by atoms with Gasteiger partial charge in [-0.25, -0.2) is 0 Å². The molecule has 0 aliphatic carbocycles. The van der Waals surface area contributed by atoms with Gasteiger partial charge in [0, 0.05) is 73.5 Å². The molecule has 2 fully saturated rings. The van der Waals surface area contributed by atoms with E-state index < -0.39 is 6.04 Å². The molecule has 164 valence electrons. The van der Waals surface area contributed by atoms with Crippen molar-refractivity contribution < 1.29 is 9.53 Å². The molecular formula is C24H30N4O3. The molecule has 2 saturated heterocycles. The molecule has 0 unspecified atom stereocenters. The Balaban J connectivity index is 1.54. The third-order valence-corrected chi connectivity index (χ3v) is 6.87. The quantitative estimate of drug-likeness (QED) is 0.743. The van der Waals surface area contributed by atoms with E-state index in [4.69, 9.17) is 4.74 Å². The second-order valence-corrected chi connectivity index (χ2v) is 9.10. The molecule has 0 saturated carbocycles. The molecule has 0 spiro atoms. The average molecular weight is 423 g/mol. The van der Waals surface area contributed by atoms with Gasteiger partial charge in [0.05, 0.1) is 6.61 Å². The number of anilines is 1. The first-order chi connectivity index (χ1) is 15.0. The lowest BCUT2D eigenvalue weighted by molar-refractivity contribution is -0.137. The number of nitrogens with zero attached hydrogens (tertiary/aromatic N) is 4. The van der Waals surface area contributed by atoms with Gasteiger partial charge < -0.3 is 14.5 Å². The summed E-state index contributed by atoms with van der Waals surface area (Å²) in [6.07, 6.45) is 1.77. The van der Waals surface area contributed by atoms with Crippen LogP contribution in [0.5, 0.6) is 0 Å². The summed E-state index contributed by atoms with van der Waals surface area (Å²) >= 11 is 0. The third kappa shape index (κ3) is 3.76. The molecule has 3 aliphatic heterocycles. The summed E-state index contributed by atoms with van der Waals surface area (Å²) in [4.78, 5) is 35.5. The molecule has 0 N–H and O–H groups in total. The normalized spacial score (nSPS) is 25.7. The van der Waals surface area contributed by atoms with Crippen LogP contribution in [-0.4, -0.2) is 59.8 Å². The van der Waals surface area contributed by atoms with Gasteiger partial charge in [0.25, 0.3) is 5.56 Å². The molecule has 0 radical (unpaired) electrons. The van der Waals surface area contributed by atoms with Crippen LogP contribution in [0.1, 0.15) is 41.9 Å². The number of carbonyl (C=O) groups excluding carboxylic acids is 1. The summed E-state index contributed by atoms with van der Waals surface area (Å²) in [5.74, 6) is 0.391. The molecule has 7 heteroatoms. The Morgan fingerprint density at radius 3 is 2.71 bits per heavy atom. The molecule has 0 aromatic carbocycles. The van der Waals surface area contributed by atoms with Gasteiger partial charge in [-0.05, 0) is 44.9 Å². The van der Waals surface area contributed by atoms with Crippen molar-refractivity contribution in [3.63, 3.8) is 0 Å². The second kappa shape index (κ2) is 8.11. The lowest BCUT2D eigenvalue weighted by Gasteiger charge is -2.48. The predicted octanol–water partition coefficient (Wildman–Crippen LogP) is 2.27. The van der Waals surface area contributed by atoms with Crippen LogP contribution >= 0.6 is 0 Å². The van der Waals surface area contributed by atoms with E-state index in [1.807, 2.05) is 30.9 Å². The molecule has 2 aromatic heterocycles. The van der Waals surface area contributed by atoms with Gasteiger partial charge in [-0.3, -0.25) is 19.1 Å². The summed E-state index contributed by atoms with van der Waals surface area (Å²) in [7, 11) is 0. The van der Waals surface area contributed by atoms with Crippen molar-refractivity contribution >= 4 is 11.6 Å². The smallest absolute Gasteiger partial charge is 0.251 e. The van der Waals surface area contributed by atoms with E-state index in [9.17, 15) is 9.59 Å². The number of ether oxygens (including phenoxy) is 1. The van der Waals surface area contributed by atoms with Crippen LogP contribution in [0.3, 0.4) is 0 Å². The maximum Gasteiger partial charge on any atom is 0.251 e. The maximum atomic E-state index is 13.8. The lowest BCUT2D eigenvalue weighted by Crippen LogP contribution is -2.54. The zero-order valence-electron chi connectivity index (χ0n) is 18.3. The number of hydrogen-bond acceptors (Lipinski definition) is 5. The van der Waals surface area contributed by atoms with Gasteiger partial charge in [-0.2, -0.15) is 0 Å². The number of aromatic nitrogens is 2. The minimum atomic E-state index is -0.454. The number of fused-ring (bicyclic) bond motifs is 4. The first kappa shape index (κ1) is 20.2. The second-order valence-electron chi connectivity index (χ2n) is 9.10. The van der Waals surface area contributed by atoms with Gasteiger partial charge in [0.1, 0.15) is 6.04 Å². The summed E-state index contributed by atoms with van der Waals surface area (Å²) in [5, 5.41) is 0. The summed E-state index contributed by atoms with van der Waals surface area (Å²) in [6.45, 7) is 8.18. The van der Waals surface area contributed by atoms with Crippen molar-refractivity contribution in [1.29, 1.82) is 0 Å². The standard InChI is InChI=1S/C24H30N4O3/c1-16-11-20(12-17(2)25-16)27-14-18-13-19(15-27)23(28-21(18)5-3-6-22(28)29)24(30)26-7-4-9-31-10-8-26/h3,5-6,11-12,18-19,23H,4,7-10,13-15H2,1-2H3/t18-,19+,23-/m1/s1. The van der Waals surface area contributed by atoms with E-state index in [2.05, 4.69) is 22.0 Å². The fourth-order valence-electron chi connectivity index (χ4n) is 5.61. The molecule has 3 aliphatic rings. The fraction of sp³-hybridized carbons (Fsp3) is 0.542. The minimum absolute atomic E-state index is 0.0624. The number of hydrogen-bond donors (Lipinski definition) is 0. The van der Waals surface area contributed by atoms with Crippen molar-refractivity contribution in [2.75, 3.05) is 44.3 Å².